The SMILES string of the molecule is CC1CCCCN1c1ccc(NC(=O)CCN)cn1. The zero-order valence-electron chi connectivity index (χ0n) is 11.4. The molecule has 0 aromatic carbocycles. The molecule has 1 aliphatic heterocycles. The van der Waals surface area contributed by atoms with Crippen LogP contribution in [0.3, 0.4) is 0 Å². The Morgan fingerprint density at radius 2 is 2.37 bits per heavy atom. The molecular weight excluding hydrogens is 240 g/mol. The predicted octanol–water partition coefficient (Wildman–Crippen LogP) is 1.75. The zero-order chi connectivity index (χ0) is 13.7. The van der Waals surface area contributed by atoms with Gasteiger partial charge >= 0.3 is 0 Å². The number of rotatable bonds is 4. The van der Waals surface area contributed by atoms with Crippen molar-refractivity contribution in [1.82, 2.24) is 4.98 Å². The highest BCUT2D eigenvalue weighted by Crippen LogP contribution is 2.23. The molecule has 104 valence electrons. The Morgan fingerprint density at radius 1 is 1.53 bits per heavy atom. The van der Waals surface area contributed by atoms with Gasteiger partial charge in [0.1, 0.15) is 5.82 Å². The molecule has 1 saturated heterocycles. The van der Waals surface area contributed by atoms with Crippen molar-refractivity contribution in [2.75, 3.05) is 23.3 Å². The van der Waals surface area contributed by atoms with Crippen LogP contribution in [0.5, 0.6) is 0 Å². The number of amides is 1. The third kappa shape index (κ3) is 3.67. The van der Waals surface area contributed by atoms with Crippen molar-refractivity contribution in [1.29, 1.82) is 0 Å². The van der Waals surface area contributed by atoms with Crippen LogP contribution >= 0.6 is 0 Å². The normalized spacial score (nSPS) is 19.3. The molecule has 1 aromatic heterocycles. The summed E-state index contributed by atoms with van der Waals surface area (Å²) in [6.07, 6.45) is 5.79. The van der Waals surface area contributed by atoms with Gasteiger partial charge in [-0.05, 0) is 38.3 Å². The lowest BCUT2D eigenvalue weighted by molar-refractivity contribution is -0.116. The quantitative estimate of drug-likeness (QED) is 0.867. The monoisotopic (exact) mass is 262 g/mol. The Morgan fingerprint density at radius 3 is 3.00 bits per heavy atom. The Hall–Kier alpha value is -1.62. The average molecular weight is 262 g/mol. The summed E-state index contributed by atoms with van der Waals surface area (Å²) in [6.45, 7) is 3.66. The topological polar surface area (TPSA) is 71.2 Å². The first-order valence-corrected chi connectivity index (χ1v) is 6.93. The highest BCUT2D eigenvalue weighted by molar-refractivity contribution is 5.90. The van der Waals surface area contributed by atoms with Crippen LogP contribution in [0.2, 0.25) is 0 Å². The van der Waals surface area contributed by atoms with Gasteiger partial charge in [-0.15, -0.1) is 0 Å². The van der Waals surface area contributed by atoms with Gasteiger partial charge in [0.05, 0.1) is 11.9 Å². The van der Waals surface area contributed by atoms with Crippen LogP contribution in [-0.4, -0.2) is 30.0 Å². The summed E-state index contributed by atoms with van der Waals surface area (Å²) in [7, 11) is 0. The number of carbonyl (C=O) groups is 1. The maximum absolute atomic E-state index is 11.4. The van der Waals surface area contributed by atoms with Gasteiger partial charge in [-0.25, -0.2) is 4.98 Å². The van der Waals surface area contributed by atoms with Gasteiger partial charge in [0.15, 0.2) is 0 Å². The van der Waals surface area contributed by atoms with E-state index in [2.05, 4.69) is 22.1 Å². The van der Waals surface area contributed by atoms with Crippen molar-refractivity contribution in [3.8, 4) is 0 Å². The highest BCUT2D eigenvalue weighted by Gasteiger charge is 2.19. The number of carbonyl (C=O) groups excluding carboxylic acids is 1. The van der Waals surface area contributed by atoms with Crippen molar-refractivity contribution in [2.24, 2.45) is 5.73 Å². The molecule has 3 N–H and O–H groups in total. The number of hydrogen-bond acceptors (Lipinski definition) is 4. The van der Waals surface area contributed by atoms with E-state index in [1.165, 1.54) is 19.3 Å². The zero-order valence-corrected chi connectivity index (χ0v) is 11.4. The van der Waals surface area contributed by atoms with Crippen molar-refractivity contribution in [2.45, 2.75) is 38.6 Å². The van der Waals surface area contributed by atoms with Crippen LogP contribution in [0.15, 0.2) is 18.3 Å². The van der Waals surface area contributed by atoms with E-state index in [0.717, 1.165) is 18.1 Å². The predicted molar refractivity (Wildman–Crippen MR) is 77.2 cm³/mol. The number of aromatic nitrogens is 1. The van der Waals surface area contributed by atoms with Gasteiger partial charge in [0.25, 0.3) is 0 Å². The van der Waals surface area contributed by atoms with E-state index in [-0.39, 0.29) is 5.91 Å². The van der Waals surface area contributed by atoms with Crippen LogP contribution < -0.4 is 16.0 Å². The second-order valence-electron chi connectivity index (χ2n) is 5.03. The summed E-state index contributed by atoms with van der Waals surface area (Å²) in [4.78, 5) is 18.2. The van der Waals surface area contributed by atoms with Crippen molar-refractivity contribution < 1.29 is 4.79 Å². The van der Waals surface area contributed by atoms with Gasteiger partial charge in [-0.1, -0.05) is 0 Å². The number of piperidine rings is 1. The Kier molecular flexibility index (Phi) is 4.74. The van der Waals surface area contributed by atoms with Crippen molar-refractivity contribution >= 4 is 17.4 Å². The van der Waals surface area contributed by atoms with E-state index in [1.807, 2.05) is 12.1 Å². The van der Waals surface area contributed by atoms with Crippen LogP contribution in [0.4, 0.5) is 11.5 Å². The van der Waals surface area contributed by atoms with Crippen molar-refractivity contribution in [3.05, 3.63) is 18.3 Å². The summed E-state index contributed by atoms with van der Waals surface area (Å²) in [5, 5.41) is 2.78. The van der Waals surface area contributed by atoms with E-state index in [1.54, 1.807) is 6.20 Å². The largest absolute Gasteiger partial charge is 0.354 e. The number of nitrogens with zero attached hydrogens (tertiary/aromatic N) is 2. The third-order valence-electron chi connectivity index (χ3n) is 3.50. The molecule has 1 fully saturated rings. The molecule has 5 heteroatoms. The van der Waals surface area contributed by atoms with Crippen molar-refractivity contribution in [3.63, 3.8) is 0 Å². The summed E-state index contributed by atoms with van der Waals surface area (Å²) >= 11 is 0. The second-order valence-corrected chi connectivity index (χ2v) is 5.03. The molecule has 0 spiro atoms. The summed E-state index contributed by atoms with van der Waals surface area (Å²) in [5.41, 5.74) is 6.07. The first-order chi connectivity index (χ1) is 9.20. The molecule has 5 nitrogen and oxygen atoms in total. The average Bonchev–Trinajstić information content (AvgIpc) is 2.41. The van der Waals surface area contributed by atoms with Gasteiger partial charge in [0, 0.05) is 25.6 Å². The van der Waals surface area contributed by atoms with E-state index >= 15 is 0 Å². The third-order valence-corrected chi connectivity index (χ3v) is 3.50. The fourth-order valence-electron chi connectivity index (χ4n) is 2.42. The minimum absolute atomic E-state index is 0.0663. The lowest BCUT2D eigenvalue weighted by Gasteiger charge is -2.34. The van der Waals surface area contributed by atoms with Gasteiger partial charge in [-0.2, -0.15) is 0 Å². The van der Waals surface area contributed by atoms with E-state index < -0.39 is 0 Å². The molecule has 19 heavy (non-hydrogen) atoms. The minimum Gasteiger partial charge on any atom is -0.354 e. The number of pyridine rings is 1. The molecule has 1 unspecified atom stereocenters. The lowest BCUT2D eigenvalue weighted by Crippen LogP contribution is -2.37. The number of hydrogen-bond donors (Lipinski definition) is 2. The van der Waals surface area contributed by atoms with Crippen LogP contribution in [0.25, 0.3) is 0 Å². The Labute approximate surface area is 114 Å². The van der Waals surface area contributed by atoms with Crippen LogP contribution in [-0.2, 0) is 4.79 Å². The second kappa shape index (κ2) is 6.52. The molecule has 1 aliphatic rings. The summed E-state index contributed by atoms with van der Waals surface area (Å²) in [6, 6.07) is 4.41. The molecule has 0 radical (unpaired) electrons. The molecule has 1 aromatic rings. The standard InChI is InChI=1S/C14H22N4O/c1-11-4-2-3-9-18(11)13-6-5-12(10-16-13)17-14(19)7-8-15/h5-6,10-11H,2-4,7-9,15H2,1H3,(H,17,19). The molecule has 1 atom stereocenters. The number of nitrogens with one attached hydrogen (secondary N) is 1. The molecule has 2 heterocycles. The molecule has 2 rings (SSSR count). The Balaban J connectivity index is 1.99. The Bertz CT molecular complexity index is 418. The fraction of sp³-hybridized carbons (Fsp3) is 0.571. The number of nitrogens with two attached hydrogens (primary N) is 1. The maximum Gasteiger partial charge on any atom is 0.225 e. The van der Waals surface area contributed by atoms with Gasteiger partial charge in [0.2, 0.25) is 5.91 Å². The summed E-state index contributed by atoms with van der Waals surface area (Å²) in [5.74, 6) is 0.924. The van der Waals surface area contributed by atoms with Gasteiger partial charge in [-0.3, -0.25) is 4.79 Å². The molecule has 0 bridgehead atoms. The minimum atomic E-state index is -0.0663. The maximum atomic E-state index is 11.4. The van der Waals surface area contributed by atoms with Crippen LogP contribution in [0, 0.1) is 0 Å². The van der Waals surface area contributed by atoms with E-state index in [4.69, 9.17) is 5.73 Å². The van der Waals surface area contributed by atoms with Crippen LogP contribution in [0.1, 0.15) is 32.6 Å². The van der Waals surface area contributed by atoms with E-state index in [9.17, 15) is 4.79 Å². The van der Waals surface area contributed by atoms with Gasteiger partial charge < -0.3 is 16.0 Å². The molecule has 1 amide bonds. The number of anilines is 2. The molecule has 0 saturated carbocycles. The summed E-state index contributed by atoms with van der Waals surface area (Å²) < 4.78 is 0. The molecule has 0 aliphatic carbocycles. The highest BCUT2D eigenvalue weighted by atomic mass is 16.1. The smallest absolute Gasteiger partial charge is 0.225 e. The first-order valence-electron chi connectivity index (χ1n) is 6.93. The fourth-order valence-corrected chi connectivity index (χ4v) is 2.42. The first kappa shape index (κ1) is 13.8. The lowest BCUT2D eigenvalue weighted by atomic mass is 10.0. The molecular formula is C14H22N4O. The van der Waals surface area contributed by atoms with E-state index in [0.29, 0.717) is 19.0 Å².